The van der Waals surface area contributed by atoms with E-state index < -0.39 is 5.97 Å². The van der Waals surface area contributed by atoms with Gasteiger partial charge in [0.25, 0.3) is 0 Å². The van der Waals surface area contributed by atoms with E-state index in [2.05, 4.69) is 0 Å². The van der Waals surface area contributed by atoms with Gasteiger partial charge >= 0.3 is 5.97 Å². The van der Waals surface area contributed by atoms with Crippen molar-refractivity contribution in [2.45, 2.75) is 6.42 Å². The van der Waals surface area contributed by atoms with Crippen LogP contribution >= 0.6 is 23.2 Å². The van der Waals surface area contributed by atoms with Gasteiger partial charge in [-0.2, -0.15) is 0 Å². The molecule has 4 nitrogen and oxygen atoms in total. The van der Waals surface area contributed by atoms with Crippen LogP contribution in [0.2, 0.25) is 10.0 Å². The van der Waals surface area contributed by atoms with E-state index in [1.165, 1.54) is 12.1 Å². The third-order valence-electron chi connectivity index (χ3n) is 1.98. The largest absolute Gasteiger partial charge is 0.491 e. The first-order chi connectivity index (χ1) is 8.06. The van der Waals surface area contributed by atoms with Crippen LogP contribution in [0.1, 0.15) is 16.8 Å². The number of carboxylic acids is 1. The van der Waals surface area contributed by atoms with Gasteiger partial charge in [-0.1, -0.05) is 23.2 Å². The van der Waals surface area contributed by atoms with Crippen LogP contribution in [0.25, 0.3) is 0 Å². The quantitative estimate of drug-likeness (QED) is 0.813. The molecule has 0 aromatic heterocycles. The van der Waals surface area contributed by atoms with Crippen LogP contribution in [-0.4, -0.2) is 31.4 Å². The van der Waals surface area contributed by atoms with Crippen molar-refractivity contribution in [3.63, 3.8) is 0 Å². The summed E-state index contributed by atoms with van der Waals surface area (Å²) in [5, 5.41) is 9.44. The van der Waals surface area contributed by atoms with Crippen LogP contribution in [0, 0.1) is 0 Å². The Kier molecular flexibility index (Phi) is 5.55. The molecule has 0 amide bonds. The average molecular weight is 279 g/mol. The number of aromatic carboxylic acids is 1. The standard InChI is InChI=1S/C11H12Cl2O4/c1-16-3-2-4-17-10-8(11(14)15)5-7(12)6-9(10)13/h5-6H,2-4H2,1H3,(H,14,15). The molecule has 1 rings (SSSR count). The van der Waals surface area contributed by atoms with E-state index in [0.717, 1.165) is 0 Å². The summed E-state index contributed by atoms with van der Waals surface area (Å²) in [6.45, 7) is 0.864. The molecule has 0 spiro atoms. The van der Waals surface area contributed by atoms with Gasteiger partial charge in [0, 0.05) is 25.2 Å². The van der Waals surface area contributed by atoms with E-state index in [9.17, 15) is 4.79 Å². The van der Waals surface area contributed by atoms with Crippen LogP contribution < -0.4 is 4.74 Å². The zero-order chi connectivity index (χ0) is 12.8. The van der Waals surface area contributed by atoms with E-state index in [-0.39, 0.29) is 21.4 Å². The number of carbonyl (C=O) groups is 1. The van der Waals surface area contributed by atoms with Gasteiger partial charge in [-0.25, -0.2) is 4.79 Å². The first kappa shape index (κ1) is 14.1. The van der Waals surface area contributed by atoms with Gasteiger partial charge in [-0.3, -0.25) is 0 Å². The monoisotopic (exact) mass is 278 g/mol. The normalized spacial score (nSPS) is 10.3. The third-order valence-corrected chi connectivity index (χ3v) is 2.48. The number of methoxy groups -OCH3 is 1. The molecular weight excluding hydrogens is 267 g/mol. The minimum Gasteiger partial charge on any atom is -0.491 e. The molecule has 0 unspecified atom stereocenters. The van der Waals surface area contributed by atoms with Crippen LogP contribution in [0.5, 0.6) is 5.75 Å². The molecule has 0 fully saturated rings. The fourth-order valence-corrected chi connectivity index (χ4v) is 1.79. The molecular formula is C11H12Cl2O4. The maximum atomic E-state index is 11.0. The average Bonchev–Trinajstić information content (AvgIpc) is 2.25. The van der Waals surface area contributed by atoms with Gasteiger partial charge in [-0.15, -0.1) is 0 Å². The molecule has 0 heterocycles. The summed E-state index contributed by atoms with van der Waals surface area (Å²) < 4.78 is 10.2. The molecule has 0 aliphatic rings. The van der Waals surface area contributed by atoms with Crippen molar-refractivity contribution in [3.8, 4) is 5.75 Å². The van der Waals surface area contributed by atoms with Gasteiger partial charge < -0.3 is 14.6 Å². The summed E-state index contributed by atoms with van der Waals surface area (Å²) in [5.41, 5.74) is -0.0417. The Morgan fingerprint density at radius 2 is 2.06 bits per heavy atom. The molecule has 0 saturated heterocycles. The highest BCUT2D eigenvalue weighted by Gasteiger charge is 2.16. The highest BCUT2D eigenvalue weighted by molar-refractivity contribution is 6.36. The molecule has 17 heavy (non-hydrogen) atoms. The van der Waals surface area contributed by atoms with Crippen molar-refractivity contribution < 1.29 is 19.4 Å². The highest BCUT2D eigenvalue weighted by Crippen LogP contribution is 2.32. The zero-order valence-corrected chi connectivity index (χ0v) is 10.7. The Labute approximate surface area is 109 Å². The predicted molar refractivity (Wildman–Crippen MR) is 65.4 cm³/mol. The number of ether oxygens (including phenoxy) is 2. The summed E-state index contributed by atoms with van der Waals surface area (Å²) >= 11 is 11.6. The molecule has 6 heteroatoms. The Morgan fingerprint density at radius 1 is 1.35 bits per heavy atom. The lowest BCUT2D eigenvalue weighted by Gasteiger charge is -2.11. The number of rotatable bonds is 6. The van der Waals surface area contributed by atoms with Gasteiger partial charge in [0.2, 0.25) is 0 Å². The lowest BCUT2D eigenvalue weighted by Crippen LogP contribution is -2.07. The van der Waals surface area contributed by atoms with Crippen LogP contribution in [0.3, 0.4) is 0 Å². The van der Waals surface area contributed by atoms with E-state index in [1.54, 1.807) is 7.11 Å². The summed E-state index contributed by atoms with van der Waals surface area (Å²) in [5.74, 6) is -0.990. The molecule has 1 aromatic rings. The lowest BCUT2D eigenvalue weighted by molar-refractivity contribution is 0.0691. The Morgan fingerprint density at radius 3 is 2.65 bits per heavy atom. The Balaban J connectivity index is 2.85. The van der Waals surface area contributed by atoms with Gasteiger partial charge in [-0.05, 0) is 12.1 Å². The van der Waals surface area contributed by atoms with Crippen LogP contribution in [-0.2, 0) is 4.74 Å². The molecule has 1 N–H and O–H groups in total. The Bertz CT molecular complexity index is 407. The number of carboxylic acid groups (broad SMARTS) is 1. The molecule has 1 aromatic carbocycles. The summed E-state index contributed by atoms with van der Waals surface area (Å²) in [6.07, 6.45) is 0.647. The minimum absolute atomic E-state index is 0.0417. The molecule has 0 aliphatic carbocycles. The van der Waals surface area contributed by atoms with Crippen molar-refractivity contribution in [3.05, 3.63) is 27.7 Å². The van der Waals surface area contributed by atoms with E-state index in [1.807, 2.05) is 0 Å². The van der Waals surface area contributed by atoms with Gasteiger partial charge in [0.05, 0.1) is 11.6 Å². The van der Waals surface area contributed by atoms with Crippen molar-refractivity contribution in [1.82, 2.24) is 0 Å². The van der Waals surface area contributed by atoms with Crippen molar-refractivity contribution >= 4 is 29.2 Å². The fourth-order valence-electron chi connectivity index (χ4n) is 1.24. The molecule has 94 valence electrons. The van der Waals surface area contributed by atoms with Crippen LogP contribution in [0.4, 0.5) is 0 Å². The first-order valence-electron chi connectivity index (χ1n) is 4.90. The molecule has 0 aliphatic heterocycles. The second kappa shape index (κ2) is 6.69. The van der Waals surface area contributed by atoms with E-state index in [0.29, 0.717) is 19.6 Å². The number of halogens is 2. The first-order valence-corrected chi connectivity index (χ1v) is 5.66. The van der Waals surface area contributed by atoms with E-state index in [4.69, 9.17) is 37.8 Å². The zero-order valence-electron chi connectivity index (χ0n) is 9.20. The maximum absolute atomic E-state index is 11.0. The van der Waals surface area contributed by atoms with Crippen molar-refractivity contribution in [2.75, 3.05) is 20.3 Å². The smallest absolute Gasteiger partial charge is 0.339 e. The number of benzene rings is 1. The third kappa shape index (κ3) is 4.07. The van der Waals surface area contributed by atoms with Gasteiger partial charge in [0.15, 0.2) is 5.75 Å². The topological polar surface area (TPSA) is 55.8 Å². The molecule has 0 saturated carbocycles. The van der Waals surface area contributed by atoms with Crippen LogP contribution in [0.15, 0.2) is 12.1 Å². The molecule has 0 bridgehead atoms. The van der Waals surface area contributed by atoms with Crippen molar-refractivity contribution in [2.24, 2.45) is 0 Å². The number of hydrogen-bond acceptors (Lipinski definition) is 3. The van der Waals surface area contributed by atoms with Gasteiger partial charge in [0.1, 0.15) is 5.56 Å². The second-order valence-electron chi connectivity index (χ2n) is 3.26. The summed E-state index contributed by atoms with van der Waals surface area (Å²) in [4.78, 5) is 11.0. The summed E-state index contributed by atoms with van der Waals surface area (Å²) in [7, 11) is 1.58. The maximum Gasteiger partial charge on any atom is 0.339 e. The molecule has 0 radical (unpaired) electrons. The van der Waals surface area contributed by atoms with E-state index >= 15 is 0 Å². The fraction of sp³-hybridized carbons (Fsp3) is 0.364. The lowest BCUT2D eigenvalue weighted by atomic mass is 10.2. The summed E-state index contributed by atoms with van der Waals surface area (Å²) in [6, 6.07) is 2.75. The highest BCUT2D eigenvalue weighted by atomic mass is 35.5. The van der Waals surface area contributed by atoms with Crippen molar-refractivity contribution in [1.29, 1.82) is 0 Å². The predicted octanol–water partition coefficient (Wildman–Crippen LogP) is 3.11. The minimum atomic E-state index is -1.13. The molecule has 0 atom stereocenters. The Hall–Kier alpha value is -0.970. The second-order valence-corrected chi connectivity index (χ2v) is 4.11. The number of hydrogen-bond donors (Lipinski definition) is 1. The SMILES string of the molecule is COCCCOc1c(Cl)cc(Cl)cc1C(=O)O.